The largest absolute Gasteiger partial charge is 0.0648 e. The maximum atomic E-state index is 3.39. The van der Waals surface area contributed by atoms with Gasteiger partial charge in [-0.3, -0.25) is 0 Å². The summed E-state index contributed by atoms with van der Waals surface area (Å²) in [5.41, 5.74) is 0. The zero-order valence-electron chi connectivity index (χ0n) is 5.54. The average Bonchev–Trinajstić information content (AvgIpc) is 1.90. The molecule has 45 valence electrons. The van der Waals surface area contributed by atoms with Gasteiger partial charge in [-0.1, -0.05) is 19.8 Å². The van der Waals surface area contributed by atoms with Gasteiger partial charge in [0, 0.05) is 0 Å². The maximum Gasteiger partial charge on any atom is -0.0100 e. The molecule has 0 aromatic heterocycles. The molecule has 0 amide bonds. The van der Waals surface area contributed by atoms with Gasteiger partial charge in [0.05, 0.1) is 0 Å². The summed E-state index contributed by atoms with van der Waals surface area (Å²) in [5, 5.41) is 0. The number of hydrogen-bond donors (Lipinski definition) is 0. The number of rotatable bonds is 1. The molecule has 0 aromatic rings. The molecule has 8 heavy (non-hydrogen) atoms. The van der Waals surface area contributed by atoms with Crippen LogP contribution in [0.25, 0.3) is 0 Å². The van der Waals surface area contributed by atoms with E-state index in [1.165, 1.54) is 32.1 Å². The van der Waals surface area contributed by atoms with Crippen molar-refractivity contribution in [2.75, 3.05) is 0 Å². The first-order valence-corrected chi connectivity index (χ1v) is 3.52. The molecule has 1 saturated carbocycles. The smallest absolute Gasteiger partial charge is 0.0100 e. The first kappa shape index (κ1) is 6.12. The third kappa shape index (κ3) is 1.50. The van der Waals surface area contributed by atoms with Crippen LogP contribution in [0.4, 0.5) is 0 Å². The quantitative estimate of drug-likeness (QED) is 0.485. The summed E-state index contributed by atoms with van der Waals surface area (Å²) in [7, 11) is 0. The molecule has 0 aliphatic heterocycles. The van der Waals surface area contributed by atoms with Crippen LogP contribution in [-0.4, -0.2) is 0 Å². The Kier molecular flexibility index (Phi) is 2.38. The summed E-state index contributed by atoms with van der Waals surface area (Å²) in [6, 6.07) is 0. The van der Waals surface area contributed by atoms with Gasteiger partial charge >= 0.3 is 0 Å². The second-order valence-corrected chi connectivity index (χ2v) is 2.34. The van der Waals surface area contributed by atoms with Crippen molar-refractivity contribution < 1.29 is 0 Å². The van der Waals surface area contributed by atoms with Gasteiger partial charge in [0.2, 0.25) is 0 Å². The van der Waals surface area contributed by atoms with Crippen molar-refractivity contribution in [3.05, 3.63) is 12.3 Å². The maximum absolute atomic E-state index is 3.39. The van der Waals surface area contributed by atoms with Crippen LogP contribution in [0, 0.1) is 12.3 Å². The molecule has 0 heteroatoms. The van der Waals surface area contributed by atoms with Crippen LogP contribution in [0.1, 0.15) is 39.0 Å². The van der Waals surface area contributed by atoms with E-state index in [2.05, 4.69) is 13.3 Å². The van der Waals surface area contributed by atoms with Crippen molar-refractivity contribution in [1.82, 2.24) is 0 Å². The molecular weight excluding hydrogens is 96.1 g/mol. The van der Waals surface area contributed by atoms with Gasteiger partial charge in [-0.2, -0.15) is 0 Å². The highest BCUT2D eigenvalue weighted by atomic mass is 14.2. The lowest BCUT2D eigenvalue weighted by atomic mass is 9.88. The molecule has 0 spiro atoms. The third-order valence-electron chi connectivity index (χ3n) is 1.71. The highest BCUT2D eigenvalue weighted by Crippen LogP contribution is 2.26. The summed E-state index contributed by atoms with van der Waals surface area (Å²) in [6.07, 6.45) is 9.90. The summed E-state index contributed by atoms with van der Waals surface area (Å²) in [5.74, 6) is 1.55. The van der Waals surface area contributed by atoms with E-state index in [1.807, 2.05) is 0 Å². The van der Waals surface area contributed by atoms with Crippen molar-refractivity contribution >= 4 is 0 Å². The van der Waals surface area contributed by atoms with E-state index in [0.29, 0.717) is 0 Å². The van der Waals surface area contributed by atoms with Crippen LogP contribution in [-0.2, 0) is 0 Å². The summed E-state index contributed by atoms with van der Waals surface area (Å²) in [4.78, 5) is 0. The van der Waals surface area contributed by atoms with E-state index in [-0.39, 0.29) is 0 Å². The minimum absolute atomic E-state index is 1.21. The van der Waals surface area contributed by atoms with E-state index in [0.717, 1.165) is 0 Å². The van der Waals surface area contributed by atoms with Crippen LogP contribution in [0.15, 0.2) is 0 Å². The van der Waals surface area contributed by atoms with Crippen LogP contribution >= 0.6 is 0 Å². The minimum atomic E-state index is 1.21. The molecule has 0 N–H and O–H groups in total. The van der Waals surface area contributed by atoms with Gasteiger partial charge in [0.15, 0.2) is 0 Å². The normalized spacial score (nSPS) is 23.6. The molecule has 1 fully saturated rings. The van der Waals surface area contributed by atoms with E-state index in [4.69, 9.17) is 0 Å². The average molecular weight is 109 g/mol. The molecule has 0 aromatic carbocycles. The lowest BCUT2D eigenvalue weighted by molar-refractivity contribution is 0.596. The van der Waals surface area contributed by atoms with E-state index >= 15 is 0 Å². The summed E-state index contributed by atoms with van der Waals surface area (Å²) >= 11 is 0. The Labute approximate surface area is 52.3 Å². The fourth-order valence-corrected chi connectivity index (χ4v) is 1.12. The molecule has 1 aliphatic rings. The zero-order chi connectivity index (χ0) is 5.82. The predicted molar refractivity (Wildman–Crippen MR) is 35.2 cm³/mol. The van der Waals surface area contributed by atoms with Gasteiger partial charge in [-0.05, 0) is 31.6 Å². The molecule has 0 atom stereocenters. The van der Waals surface area contributed by atoms with Crippen molar-refractivity contribution in [2.45, 2.75) is 39.0 Å². The Morgan fingerprint density at radius 3 is 2.75 bits per heavy atom. The lowest BCUT2D eigenvalue weighted by Crippen LogP contribution is -2.02. The van der Waals surface area contributed by atoms with E-state index in [1.54, 1.807) is 5.92 Å². The second kappa shape index (κ2) is 3.11. The fraction of sp³-hybridized carbons (Fsp3) is 0.750. The highest BCUT2D eigenvalue weighted by molar-refractivity contribution is 5.04. The molecule has 0 saturated heterocycles. The SMILES string of the molecule is CC[C]1[C]CCCC1. The summed E-state index contributed by atoms with van der Waals surface area (Å²) < 4.78 is 0. The minimum Gasteiger partial charge on any atom is -0.0648 e. The Bertz CT molecular complexity index is 51.1. The molecule has 1 aliphatic carbocycles. The molecule has 3 radical (unpaired) electrons. The van der Waals surface area contributed by atoms with Crippen molar-refractivity contribution in [3.8, 4) is 0 Å². The number of hydrogen-bond acceptors (Lipinski definition) is 0. The van der Waals surface area contributed by atoms with Gasteiger partial charge in [0.1, 0.15) is 0 Å². The Morgan fingerprint density at radius 1 is 1.50 bits per heavy atom. The van der Waals surface area contributed by atoms with E-state index < -0.39 is 0 Å². The van der Waals surface area contributed by atoms with Gasteiger partial charge < -0.3 is 0 Å². The van der Waals surface area contributed by atoms with Crippen LogP contribution < -0.4 is 0 Å². The van der Waals surface area contributed by atoms with Gasteiger partial charge in [-0.15, -0.1) is 0 Å². The van der Waals surface area contributed by atoms with Crippen LogP contribution in [0.2, 0.25) is 0 Å². The molecule has 1 rings (SSSR count). The Morgan fingerprint density at radius 2 is 2.38 bits per heavy atom. The van der Waals surface area contributed by atoms with Crippen LogP contribution in [0.5, 0.6) is 0 Å². The molecule has 0 unspecified atom stereocenters. The first-order valence-electron chi connectivity index (χ1n) is 3.52. The lowest BCUT2D eigenvalue weighted by Gasteiger charge is -2.17. The predicted octanol–water partition coefficient (Wildman–Crippen LogP) is 2.63. The standard InChI is InChI=1S/C8H13/c1-2-8-6-4-3-5-7-8/h2-6H2,1H3. The van der Waals surface area contributed by atoms with Crippen molar-refractivity contribution in [2.24, 2.45) is 0 Å². The topological polar surface area (TPSA) is 0 Å². The van der Waals surface area contributed by atoms with Crippen molar-refractivity contribution in [1.29, 1.82) is 0 Å². The first-order chi connectivity index (χ1) is 3.93. The summed E-state index contributed by atoms with van der Waals surface area (Å²) in [6.45, 7) is 2.22. The highest BCUT2D eigenvalue weighted by Gasteiger charge is 2.11. The fourth-order valence-electron chi connectivity index (χ4n) is 1.12. The van der Waals surface area contributed by atoms with Crippen LogP contribution in [0.3, 0.4) is 0 Å². The molecular formula is C8H13. The monoisotopic (exact) mass is 109 g/mol. The van der Waals surface area contributed by atoms with Crippen molar-refractivity contribution in [3.63, 3.8) is 0 Å². The van der Waals surface area contributed by atoms with Gasteiger partial charge in [0.25, 0.3) is 0 Å². The Balaban J connectivity index is 2.13. The van der Waals surface area contributed by atoms with E-state index in [9.17, 15) is 0 Å². The van der Waals surface area contributed by atoms with Gasteiger partial charge in [-0.25, -0.2) is 0 Å². The molecule has 0 heterocycles. The second-order valence-electron chi connectivity index (χ2n) is 2.34. The third-order valence-corrected chi connectivity index (χ3v) is 1.71. The Hall–Kier alpha value is 0. The molecule has 0 nitrogen and oxygen atoms in total. The zero-order valence-corrected chi connectivity index (χ0v) is 5.54. The molecule has 0 bridgehead atoms.